The molecule has 186 valence electrons. The minimum Gasteiger partial charge on any atom is -0.426 e. The summed E-state index contributed by atoms with van der Waals surface area (Å²) >= 11 is 0. The molecule has 0 bridgehead atoms. The number of aromatic nitrogens is 2. The lowest BCUT2D eigenvalue weighted by Crippen LogP contribution is -2.55. The van der Waals surface area contributed by atoms with Crippen molar-refractivity contribution in [2.75, 3.05) is 26.3 Å². The van der Waals surface area contributed by atoms with Gasteiger partial charge in [0.25, 0.3) is 5.91 Å². The van der Waals surface area contributed by atoms with E-state index in [9.17, 15) is 24.4 Å². The number of nitrogens with zero attached hydrogens (tertiary/aromatic N) is 3. The van der Waals surface area contributed by atoms with Crippen LogP contribution in [-0.2, 0) is 20.7 Å². The quantitative estimate of drug-likeness (QED) is 0.308. The van der Waals surface area contributed by atoms with Crippen LogP contribution in [0.15, 0.2) is 48.9 Å². The first-order chi connectivity index (χ1) is 16.9. The van der Waals surface area contributed by atoms with Crippen LogP contribution in [0.2, 0.25) is 0 Å². The lowest BCUT2D eigenvalue weighted by Gasteiger charge is -2.29. The van der Waals surface area contributed by atoms with Crippen LogP contribution in [0.1, 0.15) is 35.3 Å². The Morgan fingerprint density at radius 2 is 1.83 bits per heavy atom. The Morgan fingerprint density at radius 3 is 2.49 bits per heavy atom. The van der Waals surface area contributed by atoms with Gasteiger partial charge in [0.15, 0.2) is 0 Å². The Morgan fingerprint density at radius 1 is 1.09 bits per heavy atom. The predicted molar refractivity (Wildman–Crippen MR) is 127 cm³/mol. The fraction of sp³-hybridized carbons (Fsp3) is 0.435. The largest absolute Gasteiger partial charge is 0.475 e. The number of morpholine rings is 1. The molecule has 1 saturated heterocycles. The van der Waals surface area contributed by atoms with Gasteiger partial charge < -0.3 is 30.3 Å². The van der Waals surface area contributed by atoms with Crippen LogP contribution in [0, 0.1) is 0 Å². The molecule has 1 aromatic carbocycles. The van der Waals surface area contributed by atoms with E-state index in [1.807, 2.05) is 30.3 Å². The molecule has 1 aliphatic rings. The van der Waals surface area contributed by atoms with Crippen LogP contribution in [0.25, 0.3) is 0 Å². The van der Waals surface area contributed by atoms with Gasteiger partial charge in [0.05, 0.1) is 31.8 Å². The van der Waals surface area contributed by atoms with E-state index >= 15 is 0 Å². The molecule has 0 unspecified atom stereocenters. The van der Waals surface area contributed by atoms with Gasteiger partial charge in [-0.05, 0) is 24.8 Å². The van der Waals surface area contributed by atoms with Crippen LogP contribution >= 0.6 is 0 Å². The topological polar surface area (TPSA) is 154 Å². The molecule has 35 heavy (non-hydrogen) atoms. The van der Waals surface area contributed by atoms with Crippen molar-refractivity contribution in [3.63, 3.8) is 0 Å². The molecule has 1 aliphatic heterocycles. The number of benzene rings is 1. The molecule has 12 heteroatoms. The molecule has 1 aromatic heterocycles. The average molecular weight is 483 g/mol. The van der Waals surface area contributed by atoms with Crippen LogP contribution in [-0.4, -0.2) is 88.0 Å². The monoisotopic (exact) mass is 483 g/mol. The van der Waals surface area contributed by atoms with E-state index in [1.54, 1.807) is 4.90 Å². The summed E-state index contributed by atoms with van der Waals surface area (Å²) in [7, 11) is -1.80. The first-order valence-corrected chi connectivity index (χ1v) is 11.6. The molecule has 4 N–H and O–H groups in total. The van der Waals surface area contributed by atoms with E-state index in [1.165, 1.54) is 18.6 Å². The molecule has 2 atom stereocenters. The lowest BCUT2D eigenvalue weighted by molar-refractivity contribution is -0.138. The minimum atomic E-state index is -1.80. The van der Waals surface area contributed by atoms with Crippen molar-refractivity contribution in [1.29, 1.82) is 0 Å². The number of carbonyl (C=O) groups is 3. The summed E-state index contributed by atoms with van der Waals surface area (Å²) in [6.45, 7) is 1.58. The zero-order valence-electron chi connectivity index (χ0n) is 19.4. The molecule has 3 amide bonds. The number of ether oxygens (including phenoxy) is 1. The second-order valence-corrected chi connectivity index (χ2v) is 8.22. The fourth-order valence-electron chi connectivity index (χ4n) is 3.72. The summed E-state index contributed by atoms with van der Waals surface area (Å²) in [5.74, 6) is -2.65. The first kappa shape index (κ1) is 26.3. The van der Waals surface area contributed by atoms with Crippen LogP contribution < -0.4 is 10.6 Å². The molecular weight excluding hydrogens is 453 g/mol. The SMILES string of the molecule is O=C(N[C@@H](CC(=O)N1CCOCC1)C(=O)N[C@H](CCCc1ccccc1)B(O)O)c1cnccn1. The maximum absolute atomic E-state index is 13.1. The molecular formula is C23H30BN5O6. The Kier molecular flexibility index (Phi) is 10.1. The summed E-state index contributed by atoms with van der Waals surface area (Å²) in [6, 6.07) is 8.46. The number of amides is 3. The second-order valence-electron chi connectivity index (χ2n) is 8.22. The standard InChI is InChI=1S/C23H30BN5O6/c30-21(29-11-13-35-14-12-29)15-18(27-23(32)19-16-25-9-10-26-19)22(31)28-20(24(33)34)8-4-7-17-5-2-1-3-6-17/h1-3,5-6,9-10,16,18,20,33-34H,4,7-8,11-15H2,(H,27,32)(H,28,31)/t18-,20+/m0/s1. The second kappa shape index (κ2) is 13.5. The lowest BCUT2D eigenvalue weighted by atomic mass is 9.76. The summed E-state index contributed by atoms with van der Waals surface area (Å²) in [4.78, 5) is 47.8. The highest BCUT2D eigenvalue weighted by Crippen LogP contribution is 2.09. The van der Waals surface area contributed by atoms with Crippen molar-refractivity contribution >= 4 is 24.8 Å². The zero-order valence-corrected chi connectivity index (χ0v) is 19.4. The van der Waals surface area contributed by atoms with E-state index in [-0.39, 0.29) is 18.0 Å². The van der Waals surface area contributed by atoms with Gasteiger partial charge in [-0.3, -0.25) is 19.4 Å². The Labute approximate surface area is 204 Å². The van der Waals surface area contributed by atoms with Gasteiger partial charge in [0, 0.05) is 25.5 Å². The number of hydrogen-bond donors (Lipinski definition) is 4. The van der Waals surface area contributed by atoms with Gasteiger partial charge in [-0.15, -0.1) is 0 Å². The van der Waals surface area contributed by atoms with E-state index in [0.717, 1.165) is 5.56 Å². The summed E-state index contributed by atoms with van der Waals surface area (Å²) in [5.41, 5.74) is 1.08. The Hall–Kier alpha value is -3.35. The molecule has 0 radical (unpaired) electrons. The molecule has 0 spiro atoms. The van der Waals surface area contributed by atoms with E-state index in [0.29, 0.717) is 45.6 Å². The van der Waals surface area contributed by atoms with E-state index in [2.05, 4.69) is 20.6 Å². The molecule has 2 heterocycles. The van der Waals surface area contributed by atoms with Crippen molar-refractivity contribution in [2.45, 2.75) is 37.7 Å². The summed E-state index contributed by atoms with van der Waals surface area (Å²) in [6.07, 6.45) is 5.28. The first-order valence-electron chi connectivity index (χ1n) is 11.6. The summed E-state index contributed by atoms with van der Waals surface area (Å²) in [5, 5.41) is 24.8. The van der Waals surface area contributed by atoms with Crippen molar-refractivity contribution < 1.29 is 29.2 Å². The van der Waals surface area contributed by atoms with Crippen molar-refractivity contribution in [1.82, 2.24) is 25.5 Å². The predicted octanol–water partition coefficient (Wildman–Crippen LogP) is -0.656. The van der Waals surface area contributed by atoms with Crippen molar-refractivity contribution in [3.8, 4) is 0 Å². The summed E-state index contributed by atoms with van der Waals surface area (Å²) < 4.78 is 5.26. The highest BCUT2D eigenvalue weighted by Gasteiger charge is 2.32. The van der Waals surface area contributed by atoms with Crippen molar-refractivity contribution in [2.24, 2.45) is 0 Å². The number of carbonyl (C=O) groups excluding carboxylic acids is 3. The Bertz CT molecular complexity index is 959. The third-order valence-corrected chi connectivity index (χ3v) is 5.67. The molecule has 3 rings (SSSR count). The maximum Gasteiger partial charge on any atom is 0.475 e. The average Bonchev–Trinajstić information content (AvgIpc) is 2.89. The van der Waals surface area contributed by atoms with E-state index in [4.69, 9.17) is 4.74 Å². The number of nitrogens with one attached hydrogen (secondary N) is 2. The van der Waals surface area contributed by atoms with Gasteiger partial charge >= 0.3 is 7.12 Å². The van der Waals surface area contributed by atoms with Crippen LogP contribution in [0.4, 0.5) is 0 Å². The van der Waals surface area contributed by atoms with Crippen LogP contribution in [0.3, 0.4) is 0 Å². The smallest absolute Gasteiger partial charge is 0.426 e. The molecule has 11 nitrogen and oxygen atoms in total. The third-order valence-electron chi connectivity index (χ3n) is 5.67. The number of hydrogen-bond acceptors (Lipinski definition) is 8. The molecule has 0 aliphatic carbocycles. The normalized spacial score (nSPS) is 15.1. The molecule has 1 fully saturated rings. The zero-order chi connectivity index (χ0) is 25.0. The highest BCUT2D eigenvalue weighted by atomic mass is 16.5. The van der Waals surface area contributed by atoms with Crippen LogP contribution in [0.5, 0.6) is 0 Å². The van der Waals surface area contributed by atoms with Crippen molar-refractivity contribution in [3.05, 3.63) is 60.2 Å². The number of rotatable bonds is 11. The minimum absolute atomic E-state index is 0.00859. The maximum atomic E-state index is 13.1. The van der Waals surface area contributed by atoms with Gasteiger partial charge in [0.1, 0.15) is 11.7 Å². The molecule has 2 aromatic rings. The highest BCUT2D eigenvalue weighted by molar-refractivity contribution is 6.43. The molecule has 0 saturated carbocycles. The number of aryl methyl sites for hydroxylation is 1. The fourth-order valence-corrected chi connectivity index (χ4v) is 3.72. The van der Waals surface area contributed by atoms with Gasteiger partial charge in [-0.25, -0.2) is 4.98 Å². The van der Waals surface area contributed by atoms with Gasteiger partial charge in [-0.2, -0.15) is 0 Å². The van der Waals surface area contributed by atoms with Gasteiger partial charge in [-0.1, -0.05) is 30.3 Å². The van der Waals surface area contributed by atoms with Gasteiger partial charge in [0.2, 0.25) is 11.8 Å². The Balaban J connectivity index is 1.65. The third kappa shape index (κ3) is 8.43. The van der Waals surface area contributed by atoms with E-state index < -0.39 is 30.9 Å².